The van der Waals surface area contributed by atoms with Gasteiger partial charge in [-0.2, -0.15) is 0 Å². The van der Waals surface area contributed by atoms with E-state index in [0.717, 1.165) is 122 Å². The molecule has 0 saturated carbocycles. The Morgan fingerprint density at radius 1 is 0.229 bits per heavy atom. The summed E-state index contributed by atoms with van der Waals surface area (Å²) >= 11 is 0. The molecule has 8 heteroatoms. The van der Waals surface area contributed by atoms with Gasteiger partial charge in [-0.1, -0.05) is 330 Å². The van der Waals surface area contributed by atoms with Crippen LogP contribution in [0.1, 0.15) is 0 Å². The molecule has 0 radical (unpaired) electrons. The van der Waals surface area contributed by atoms with Crippen LogP contribution in [0.3, 0.4) is 0 Å². The molecule has 14 rings (SSSR count). The summed E-state index contributed by atoms with van der Waals surface area (Å²) in [6.45, 7) is 28.4. The fraction of sp³-hybridized carbons (Fsp3) is 0.136. The van der Waals surface area contributed by atoms with E-state index in [1.165, 1.54) is 20.7 Å². The van der Waals surface area contributed by atoms with Gasteiger partial charge in [0.15, 0.2) is 0 Å². The second kappa shape index (κ2) is 24.9. The summed E-state index contributed by atoms with van der Waals surface area (Å²) < 4.78 is 37.9. The molecule has 0 saturated heterocycles. The number of hydrogen-bond donors (Lipinski definition) is 0. The minimum absolute atomic E-state index is 0.336. The van der Waals surface area contributed by atoms with Gasteiger partial charge in [0.05, 0.1) is 66.4 Å². The molecule has 0 amide bonds. The average molecular weight is 1320 g/mol. The number of hydrogen-bond acceptors (Lipinski definition) is 2. The molecule has 0 aliphatic heterocycles. The van der Waals surface area contributed by atoms with Crippen molar-refractivity contribution in [2.45, 2.75) is 78.6 Å². The standard InChI is InChI=1S/C88H82F2N2Si4/c1-93(2,3)69-43-31-59(32-44-69)67-55-77(63-35-47-71(48-36-63)95(7,8)9)87(79(89)57-67)91(81-29-21-19-27-73(81)61-23-15-13-16-24-61)83-53-41-65-40-52-76-84(54-42-66-39-51-75(83)85(65)86(66)76)92(82-30-22-20-28-74(82)62-25-17-14-18-26-62)88-78(64-37-49-72(50-38-64)96(10,11)12)56-68(58-80(88)90)60-33-45-70(46-34-60)94(4,5)6/h13-58H,1-12H3. The second-order valence-corrected chi connectivity index (χ2v) is 50.4. The maximum atomic E-state index is 19.0. The van der Waals surface area contributed by atoms with Gasteiger partial charge in [0.25, 0.3) is 0 Å². The van der Waals surface area contributed by atoms with E-state index < -0.39 is 32.3 Å². The maximum absolute atomic E-state index is 19.0. The van der Waals surface area contributed by atoms with Crippen molar-refractivity contribution in [2.24, 2.45) is 0 Å². The summed E-state index contributed by atoms with van der Waals surface area (Å²) in [7, 11) is -6.69. The third kappa shape index (κ3) is 12.1. The molecule has 2 nitrogen and oxygen atoms in total. The van der Waals surface area contributed by atoms with E-state index >= 15 is 8.78 Å². The van der Waals surface area contributed by atoms with E-state index in [4.69, 9.17) is 0 Å². The van der Waals surface area contributed by atoms with Crippen molar-refractivity contribution in [3.8, 4) is 66.8 Å². The normalized spacial score (nSPS) is 12.3. The first kappa shape index (κ1) is 63.8. The Kier molecular flexibility index (Phi) is 16.6. The lowest BCUT2D eigenvalue weighted by molar-refractivity contribution is 0.629. The molecule has 0 spiro atoms. The fourth-order valence-corrected chi connectivity index (χ4v) is 18.7. The summed E-state index contributed by atoms with van der Waals surface area (Å²) in [5, 5.41) is 11.4. The van der Waals surface area contributed by atoms with Gasteiger partial charge in [-0.25, -0.2) is 8.78 Å². The quantitative estimate of drug-likeness (QED) is 0.0703. The molecular weight excluding hydrogens is 1240 g/mol. The molecule has 474 valence electrons. The summed E-state index contributed by atoms with van der Waals surface area (Å²) in [6, 6.07) is 98.8. The minimum Gasteiger partial charge on any atom is -0.306 e. The van der Waals surface area contributed by atoms with Crippen molar-refractivity contribution in [1.29, 1.82) is 0 Å². The first-order valence-corrected chi connectivity index (χ1v) is 47.7. The number of rotatable bonds is 16. The molecule has 0 aromatic heterocycles. The van der Waals surface area contributed by atoms with Crippen LogP contribution in [0.25, 0.3) is 99.1 Å². The highest BCUT2D eigenvalue weighted by Gasteiger charge is 2.32. The number of nitrogens with zero attached hydrogens (tertiary/aromatic N) is 2. The lowest BCUT2D eigenvalue weighted by Gasteiger charge is -2.33. The summed E-state index contributed by atoms with van der Waals surface area (Å²) in [5.74, 6) is -0.672. The van der Waals surface area contributed by atoms with Crippen molar-refractivity contribution >= 4 is 119 Å². The molecule has 0 N–H and O–H groups in total. The Labute approximate surface area is 570 Å². The van der Waals surface area contributed by atoms with Crippen molar-refractivity contribution in [3.63, 3.8) is 0 Å². The molecule has 0 heterocycles. The van der Waals surface area contributed by atoms with E-state index in [-0.39, 0.29) is 11.6 Å². The lowest BCUT2D eigenvalue weighted by Crippen LogP contribution is -2.37. The summed E-state index contributed by atoms with van der Waals surface area (Å²) in [4.78, 5) is 4.39. The van der Waals surface area contributed by atoms with Gasteiger partial charge in [0.2, 0.25) is 0 Å². The minimum atomic E-state index is -1.72. The largest absolute Gasteiger partial charge is 0.306 e. The molecule has 0 unspecified atom stereocenters. The third-order valence-corrected chi connectivity index (χ3v) is 27.7. The van der Waals surface area contributed by atoms with Gasteiger partial charge >= 0.3 is 0 Å². The molecule has 0 bridgehead atoms. The van der Waals surface area contributed by atoms with E-state index in [1.807, 2.05) is 12.1 Å². The second-order valence-electron chi connectivity index (χ2n) is 30.0. The van der Waals surface area contributed by atoms with Crippen LogP contribution in [0.4, 0.5) is 42.9 Å². The Morgan fingerprint density at radius 3 is 0.833 bits per heavy atom. The van der Waals surface area contributed by atoms with Gasteiger partial charge in [-0.3, -0.25) is 0 Å². The van der Waals surface area contributed by atoms with Crippen LogP contribution in [0.5, 0.6) is 0 Å². The highest BCUT2D eigenvalue weighted by atomic mass is 28.3. The number of halogens is 2. The van der Waals surface area contributed by atoms with Crippen LogP contribution in [0, 0.1) is 11.6 Å². The van der Waals surface area contributed by atoms with Crippen molar-refractivity contribution in [3.05, 3.63) is 291 Å². The number of benzene rings is 14. The molecule has 14 aromatic carbocycles. The van der Waals surface area contributed by atoms with Crippen LogP contribution < -0.4 is 30.5 Å². The van der Waals surface area contributed by atoms with Gasteiger partial charge in [-0.15, -0.1) is 0 Å². The Balaban J connectivity index is 1.05. The van der Waals surface area contributed by atoms with E-state index in [2.05, 4.69) is 343 Å². The number of para-hydroxylation sites is 2. The predicted molar refractivity (Wildman–Crippen MR) is 424 cm³/mol. The summed E-state index contributed by atoms with van der Waals surface area (Å²) in [5.41, 5.74) is 15.2. The molecule has 96 heavy (non-hydrogen) atoms. The monoisotopic (exact) mass is 1320 g/mol. The van der Waals surface area contributed by atoms with Crippen molar-refractivity contribution in [2.75, 3.05) is 9.80 Å². The third-order valence-electron chi connectivity index (χ3n) is 19.4. The van der Waals surface area contributed by atoms with E-state index in [1.54, 1.807) is 12.1 Å². The smallest absolute Gasteiger partial charge is 0.148 e. The Bertz CT molecular complexity index is 4870. The molecular formula is C88H82F2N2Si4. The average Bonchev–Trinajstić information content (AvgIpc) is 0.718. The highest BCUT2D eigenvalue weighted by Crippen LogP contribution is 2.54. The lowest BCUT2D eigenvalue weighted by atomic mass is 9.90. The molecule has 0 aliphatic carbocycles. The maximum Gasteiger partial charge on any atom is 0.148 e. The van der Waals surface area contributed by atoms with Crippen LogP contribution in [0.15, 0.2) is 279 Å². The SMILES string of the molecule is C[Si](C)(C)c1ccc(-c2cc(F)c(N(c3ccccc3-c3ccccc3)c3ccc4ccc5c(N(c6ccccc6-c6ccccc6)c6c(F)cc(-c7ccc([Si](C)(C)C)cc7)cc6-c6ccc([Si](C)(C)C)cc6)ccc6ccc3c4c65)c(-c3ccc([Si](C)(C)C)cc3)c2)cc1. The zero-order valence-corrected chi connectivity index (χ0v) is 61.2. The molecule has 14 aromatic rings. The van der Waals surface area contributed by atoms with Gasteiger partial charge in [0, 0.05) is 33.0 Å². The van der Waals surface area contributed by atoms with Gasteiger partial charge in [0.1, 0.15) is 11.6 Å². The van der Waals surface area contributed by atoms with Crippen molar-refractivity contribution in [1.82, 2.24) is 0 Å². The Morgan fingerprint density at radius 2 is 0.510 bits per heavy atom. The molecule has 0 atom stereocenters. The first-order chi connectivity index (χ1) is 46.0. The predicted octanol–water partition coefficient (Wildman–Crippen LogP) is 24.0. The first-order valence-electron chi connectivity index (χ1n) is 33.7. The van der Waals surface area contributed by atoms with Crippen LogP contribution >= 0.6 is 0 Å². The van der Waals surface area contributed by atoms with Crippen LogP contribution in [-0.2, 0) is 0 Å². The highest BCUT2D eigenvalue weighted by molar-refractivity contribution is 6.90. The molecule has 0 fully saturated rings. The Hall–Kier alpha value is -9.55. The molecule has 0 aliphatic rings. The van der Waals surface area contributed by atoms with E-state index in [0.29, 0.717) is 11.4 Å². The topological polar surface area (TPSA) is 6.48 Å². The van der Waals surface area contributed by atoms with Gasteiger partial charge < -0.3 is 9.80 Å². The summed E-state index contributed by atoms with van der Waals surface area (Å²) in [6.07, 6.45) is 0. The van der Waals surface area contributed by atoms with Crippen LogP contribution in [0.2, 0.25) is 78.6 Å². The zero-order chi connectivity index (χ0) is 67.0. The van der Waals surface area contributed by atoms with Gasteiger partial charge in [-0.05, 0) is 115 Å². The van der Waals surface area contributed by atoms with Crippen molar-refractivity contribution < 1.29 is 8.78 Å². The van der Waals surface area contributed by atoms with Crippen LogP contribution in [-0.4, -0.2) is 32.3 Å². The zero-order valence-electron chi connectivity index (χ0n) is 57.2. The van der Waals surface area contributed by atoms with E-state index in [9.17, 15) is 0 Å². The fourth-order valence-electron chi connectivity index (χ4n) is 14.0. The number of anilines is 6.